The van der Waals surface area contributed by atoms with Crippen LogP contribution in [0.15, 0.2) is 0 Å². The molecule has 0 unspecified atom stereocenters. The highest BCUT2D eigenvalue weighted by Gasteiger charge is 2.20. The molecule has 1 aliphatic carbocycles. The third-order valence-corrected chi connectivity index (χ3v) is 3.77. The number of nitrogens with zero attached hydrogens (tertiary/aromatic N) is 2. The van der Waals surface area contributed by atoms with E-state index in [0.29, 0.717) is 11.7 Å². The molecule has 0 atom stereocenters. The summed E-state index contributed by atoms with van der Waals surface area (Å²) in [5.74, 6) is 0.758. The topological polar surface area (TPSA) is 66.9 Å². The van der Waals surface area contributed by atoms with Gasteiger partial charge in [-0.1, -0.05) is 24.7 Å². The summed E-state index contributed by atoms with van der Waals surface area (Å²) in [5.41, 5.74) is 0. The molecule has 19 heavy (non-hydrogen) atoms. The molecule has 7 heteroatoms. The van der Waals surface area contributed by atoms with E-state index in [0.717, 1.165) is 36.7 Å². The summed E-state index contributed by atoms with van der Waals surface area (Å²) in [6.45, 7) is 3.46. The van der Waals surface area contributed by atoms with Gasteiger partial charge in [-0.25, -0.2) is 0 Å². The van der Waals surface area contributed by atoms with Crippen molar-refractivity contribution in [3.05, 3.63) is 5.01 Å². The lowest BCUT2D eigenvalue weighted by Gasteiger charge is -2.02. The predicted octanol–water partition coefficient (Wildman–Crippen LogP) is 2.24. The van der Waals surface area contributed by atoms with Crippen LogP contribution < -0.4 is 10.6 Å². The molecule has 2 rings (SSSR count). The molecule has 0 radical (unpaired) electrons. The number of anilines is 1. The van der Waals surface area contributed by atoms with Crippen LogP contribution in [0.5, 0.6) is 0 Å². The van der Waals surface area contributed by atoms with Gasteiger partial charge in [0.2, 0.25) is 11.0 Å². The molecule has 1 aromatic heterocycles. The predicted molar refractivity (Wildman–Crippen MR) is 80.0 cm³/mol. The average molecular weight is 305 g/mol. The van der Waals surface area contributed by atoms with Crippen LogP contribution >= 0.6 is 23.7 Å². The van der Waals surface area contributed by atoms with E-state index in [9.17, 15) is 4.79 Å². The lowest BCUT2D eigenvalue weighted by atomic mass is 10.3. The Balaban J connectivity index is 0.00000180. The third kappa shape index (κ3) is 6.31. The number of hydrogen-bond donors (Lipinski definition) is 2. The first-order valence-electron chi connectivity index (χ1n) is 6.61. The summed E-state index contributed by atoms with van der Waals surface area (Å²) in [6.07, 6.45) is 5.81. The highest BCUT2D eigenvalue weighted by atomic mass is 35.5. The number of rotatable bonds is 8. The Morgan fingerprint density at radius 3 is 2.89 bits per heavy atom. The summed E-state index contributed by atoms with van der Waals surface area (Å²) in [5, 5.41) is 15.6. The Kier molecular flexibility index (Phi) is 7.27. The van der Waals surface area contributed by atoms with Crippen molar-refractivity contribution in [2.24, 2.45) is 5.92 Å². The SMILES string of the molecule is CCCCc1nnc(NC(=O)CNCC2CC2)s1.Cl. The zero-order valence-corrected chi connectivity index (χ0v) is 12.8. The van der Waals surface area contributed by atoms with Gasteiger partial charge < -0.3 is 5.32 Å². The van der Waals surface area contributed by atoms with E-state index in [1.54, 1.807) is 0 Å². The molecule has 1 fully saturated rings. The van der Waals surface area contributed by atoms with E-state index in [1.165, 1.54) is 24.2 Å². The second-order valence-corrected chi connectivity index (χ2v) is 5.79. The fourth-order valence-electron chi connectivity index (χ4n) is 1.61. The van der Waals surface area contributed by atoms with Gasteiger partial charge in [0, 0.05) is 6.42 Å². The van der Waals surface area contributed by atoms with Crippen LogP contribution in [0, 0.1) is 5.92 Å². The van der Waals surface area contributed by atoms with Gasteiger partial charge in [-0.05, 0) is 31.7 Å². The van der Waals surface area contributed by atoms with E-state index in [-0.39, 0.29) is 18.3 Å². The lowest BCUT2D eigenvalue weighted by Crippen LogP contribution is -2.29. The van der Waals surface area contributed by atoms with Gasteiger partial charge in [-0.2, -0.15) is 0 Å². The second kappa shape index (κ2) is 8.45. The Morgan fingerprint density at radius 1 is 1.42 bits per heavy atom. The number of carbonyl (C=O) groups excluding carboxylic acids is 1. The summed E-state index contributed by atoms with van der Waals surface area (Å²) >= 11 is 1.47. The smallest absolute Gasteiger partial charge is 0.240 e. The molecular weight excluding hydrogens is 284 g/mol. The molecule has 1 aromatic rings. The van der Waals surface area contributed by atoms with E-state index in [4.69, 9.17) is 0 Å². The van der Waals surface area contributed by atoms with Gasteiger partial charge in [0.1, 0.15) is 5.01 Å². The molecule has 1 heterocycles. The molecule has 1 amide bonds. The normalized spacial score (nSPS) is 13.9. The molecule has 5 nitrogen and oxygen atoms in total. The van der Waals surface area contributed by atoms with Crippen molar-refractivity contribution < 1.29 is 4.79 Å². The maximum Gasteiger partial charge on any atom is 0.240 e. The van der Waals surface area contributed by atoms with E-state index in [2.05, 4.69) is 27.8 Å². The molecular formula is C12H21ClN4OS. The fraction of sp³-hybridized carbons (Fsp3) is 0.750. The van der Waals surface area contributed by atoms with Crippen LogP contribution in [0.1, 0.15) is 37.6 Å². The minimum atomic E-state index is -0.0335. The largest absolute Gasteiger partial charge is 0.308 e. The zero-order valence-electron chi connectivity index (χ0n) is 11.1. The van der Waals surface area contributed by atoms with E-state index in [1.807, 2.05) is 0 Å². The number of amides is 1. The van der Waals surface area contributed by atoms with Crippen molar-refractivity contribution in [3.8, 4) is 0 Å². The summed E-state index contributed by atoms with van der Waals surface area (Å²) in [6, 6.07) is 0. The standard InChI is InChI=1S/C12H20N4OS.ClH/c1-2-3-4-11-15-16-12(18-11)14-10(17)8-13-7-9-5-6-9;/h9,13H,2-8H2,1H3,(H,14,16,17);1H. The molecule has 0 aliphatic heterocycles. The first-order chi connectivity index (χ1) is 8.78. The summed E-state index contributed by atoms with van der Waals surface area (Å²) in [4.78, 5) is 11.6. The Morgan fingerprint density at radius 2 is 2.21 bits per heavy atom. The van der Waals surface area contributed by atoms with Gasteiger partial charge in [0.05, 0.1) is 6.54 Å². The van der Waals surface area contributed by atoms with Gasteiger partial charge in [0.15, 0.2) is 0 Å². The summed E-state index contributed by atoms with van der Waals surface area (Å²) < 4.78 is 0. The van der Waals surface area contributed by atoms with Crippen molar-refractivity contribution in [1.82, 2.24) is 15.5 Å². The van der Waals surface area contributed by atoms with Crippen LogP contribution in [0.4, 0.5) is 5.13 Å². The van der Waals surface area contributed by atoms with Crippen molar-refractivity contribution in [3.63, 3.8) is 0 Å². The third-order valence-electron chi connectivity index (χ3n) is 2.87. The average Bonchev–Trinajstić information content (AvgIpc) is 3.06. The molecule has 0 spiro atoms. The second-order valence-electron chi connectivity index (χ2n) is 4.73. The van der Waals surface area contributed by atoms with E-state index >= 15 is 0 Å². The molecule has 1 saturated carbocycles. The highest BCUT2D eigenvalue weighted by molar-refractivity contribution is 7.15. The molecule has 108 valence electrons. The molecule has 2 N–H and O–H groups in total. The Hall–Kier alpha value is -0.720. The van der Waals surface area contributed by atoms with Crippen LogP contribution in [0.3, 0.4) is 0 Å². The van der Waals surface area contributed by atoms with Gasteiger partial charge in [-0.15, -0.1) is 22.6 Å². The van der Waals surface area contributed by atoms with E-state index < -0.39 is 0 Å². The van der Waals surface area contributed by atoms with Crippen LogP contribution in [-0.2, 0) is 11.2 Å². The Bertz CT molecular complexity index is 395. The van der Waals surface area contributed by atoms with Gasteiger partial charge in [-0.3, -0.25) is 10.1 Å². The molecule has 1 aliphatic rings. The van der Waals surface area contributed by atoms with Crippen LogP contribution in [0.25, 0.3) is 0 Å². The number of unbranched alkanes of at least 4 members (excludes halogenated alkanes) is 1. The van der Waals surface area contributed by atoms with Gasteiger partial charge >= 0.3 is 0 Å². The maximum atomic E-state index is 11.6. The van der Waals surface area contributed by atoms with Crippen molar-refractivity contribution in [2.75, 3.05) is 18.4 Å². The minimum Gasteiger partial charge on any atom is -0.308 e. The number of nitrogens with one attached hydrogen (secondary N) is 2. The van der Waals surface area contributed by atoms with Crippen molar-refractivity contribution in [2.45, 2.75) is 39.0 Å². The lowest BCUT2D eigenvalue weighted by molar-refractivity contribution is -0.115. The van der Waals surface area contributed by atoms with Crippen LogP contribution in [0.2, 0.25) is 0 Å². The number of aryl methyl sites for hydroxylation is 1. The maximum absolute atomic E-state index is 11.6. The molecule has 0 saturated heterocycles. The van der Waals surface area contributed by atoms with Crippen LogP contribution in [-0.4, -0.2) is 29.2 Å². The first-order valence-corrected chi connectivity index (χ1v) is 7.42. The number of hydrogen-bond acceptors (Lipinski definition) is 5. The molecule has 0 bridgehead atoms. The monoisotopic (exact) mass is 304 g/mol. The van der Waals surface area contributed by atoms with Crippen molar-refractivity contribution in [1.29, 1.82) is 0 Å². The highest BCUT2D eigenvalue weighted by Crippen LogP contribution is 2.27. The Labute approximate surface area is 124 Å². The minimum absolute atomic E-state index is 0. The fourth-order valence-corrected chi connectivity index (χ4v) is 2.41. The molecule has 0 aromatic carbocycles. The van der Waals surface area contributed by atoms with Crippen molar-refractivity contribution >= 4 is 34.8 Å². The first kappa shape index (κ1) is 16.3. The van der Waals surface area contributed by atoms with Gasteiger partial charge in [0.25, 0.3) is 0 Å². The summed E-state index contributed by atoms with van der Waals surface area (Å²) in [7, 11) is 0. The zero-order chi connectivity index (χ0) is 12.8. The number of halogens is 1. The quantitative estimate of drug-likeness (QED) is 0.773. The number of carbonyl (C=O) groups is 1. The number of aromatic nitrogens is 2.